The van der Waals surface area contributed by atoms with E-state index in [4.69, 9.17) is 0 Å². The fraction of sp³-hybridized carbons (Fsp3) is 0.133. The van der Waals surface area contributed by atoms with Crippen LogP contribution in [-0.4, -0.2) is 14.5 Å². The topological polar surface area (TPSA) is 62.2 Å². The number of benzene rings is 1. The lowest BCUT2D eigenvalue weighted by Gasteiger charge is -2.00. The highest BCUT2D eigenvalue weighted by Crippen LogP contribution is 2.26. The summed E-state index contributed by atoms with van der Waals surface area (Å²) in [6.07, 6.45) is 0. The molecule has 0 aliphatic heterocycles. The lowest BCUT2D eigenvalue weighted by molar-refractivity contribution is 0.475. The van der Waals surface area contributed by atoms with E-state index in [-0.39, 0.29) is 5.75 Å². The molecule has 0 saturated carbocycles. The highest BCUT2D eigenvalue weighted by atomic mass is 16.3. The molecule has 0 aliphatic rings. The van der Waals surface area contributed by atoms with E-state index in [2.05, 4.69) is 15.2 Å². The number of aromatic nitrogens is 2. The van der Waals surface area contributed by atoms with E-state index in [1.54, 1.807) is 24.3 Å². The Kier molecular flexibility index (Phi) is 2.95. The lowest BCUT2D eigenvalue weighted by Crippen LogP contribution is -1.88. The van der Waals surface area contributed by atoms with Crippen molar-refractivity contribution in [2.24, 2.45) is 10.2 Å². The van der Waals surface area contributed by atoms with Crippen molar-refractivity contribution in [3.63, 3.8) is 0 Å². The second-order valence-electron chi connectivity index (χ2n) is 4.60. The summed E-state index contributed by atoms with van der Waals surface area (Å²) in [5.41, 5.74) is 3.33. The van der Waals surface area contributed by atoms with Crippen LogP contribution in [0.3, 0.4) is 0 Å². The van der Waals surface area contributed by atoms with Crippen LogP contribution >= 0.6 is 0 Å². The first kappa shape index (κ1) is 12.3. The van der Waals surface area contributed by atoms with Gasteiger partial charge in [0.2, 0.25) is 0 Å². The van der Waals surface area contributed by atoms with Gasteiger partial charge in [0.05, 0.1) is 11.4 Å². The van der Waals surface area contributed by atoms with Crippen LogP contribution in [0.25, 0.3) is 5.65 Å². The Morgan fingerprint density at radius 2 is 1.85 bits per heavy atom. The molecule has 0 unspecified atom stereocenters. The molecular weight excluding hydrogens is 252 g/mol. The monoisotopic (exact) mass is 266 g/mol. The molecule has 0 bridgehead atoms. The van der Waals surface area contributed by atoms with Crippen LogP contribution in [0.15, 0.2) is 52.7 Å². The van der Waals surface area contributed by atoms with Crippen molar-refractivity contribution in [3.05, 3.63) is 53.9 Å². The fourth-order valence-corrected chi connectivity index (χ4v) is 2.13. The van der Waals surface area contributed by atoms with Crippen LogP contribution in [0, 0.1) is 13.8 Å². The molecule has 5 heteroatoms. The number of hydrogen-bond acceptors (Lipinski definition) is 4. The summed E-state index contributed by atoms with van der Waals surface area (Å²) in [6.45, 7) is 3.91. The van der Waals surface area contributed by atoms with Crippen LogP contribution in [-0.2, 0) is 0 Å². The Bertz CT molecular complexity index is 805. The van der Waals surface area contributed by atoms with Gasteiger partial charge in [-0.05, 0) is 38.1 Å². The largest absolute Gasteiger partial charge is 0.508 e. The van der Waals surface area contributed by atoms with Gasteiger partial charge in [-0.25, -0.2) is 4.98 Å². The van der Waals surface area contributed by atoms with Crippen LogP contribution in [0.4, 0.5) is 11.5 Å². The van der Waals surface area contributed by atoms with E-state index >= 15 is 0 Å². The van der Waals surface area contributed by atoms with Crippen molar-refractivity contribution in [1.29, 1.82) is 0 Å². The Hall–Kier alpha value is -2.69. The molecule has 100 valence electrons. The van der Waals surface area contributed by atoms with Crippen LogP contribution in [0.1, 0.15) is 11.4 Å². The Labute approximate surface area is 116 Å². The highest BCUT2D eigenvalue weighted by molar-refractivity contribution is 5.53. The summed E-state index contributed by atoms with van der Waals surface area (Å²) in [6, 6.07) is 12.6. The summed E-state index contributed by atoms with van der Waals surface area (Å²) in [4.78, 5) is 4.46. The van der Waals surface area contributed by atoms with E-state index < -0.39 is 0 Å². The Morgan fingerprint density at radius 1 is 1.05 bits per heavy atom. The molecule has 0 saturated heterocycles. The third-order valence-corrected chi connectivity index (χ3v) is 3.07. The molecule has 0 fully saturated rings. The van der Waals surface area contributed by atoms with Gasteiger partial charge in [0, 0.05) is 11.8 Å². The minimum atomic E-state index is 0.174. The van der Waals surface area contributed by atoms with Crippen LogP contribution < -0.4 is 0 Å². The lowest BCUT2D eigenvalue weighted by atomic mass is 10.3. The molecule has 2 aromatic heterocycles. The molecule has 3 aromatic rings. The number of imidazole rings is 1. The van der Waals surface area contributed by atoms with Gasteiger partial charge in [-0.3, -0.25) is 4.40 Å². The zero-order valence-electron chi connectivity index (χ0n) is 11.3. The Morgan fingerprint density at radius 3 is 2.65 bits per heavy atom. The summed E-state index contributed by atoms with van der Waals surface area (Å²) in [5, 5.41) is 17.9. The second kappa shape index (κ2) is 4.77. The minimum absolute atomic E-state index is 0.174. The van der Waals surface area contributed by atoms with Gasteiger partial charge < -0.3 is 5.11 Å². The molecule has 5 nitrogen and oxygen atoms in total. The highest BCUT2D eigenvalue weighted by Gasteiger charge is 2.09. The van der Waals surface area contributed by atoms with E-state index in [1.165, 1.54) is 0 Å². The number of rotatable bonds is 2. The first-order valence-electron chi connectivity index (χ1n) is 6.30. The summed E-state index contributed by atoms with van der Waals surface area (Å²) < 4.78 is 1.96. The molecule has 2 heterocycles. The number of nitrogens with zero attached hydrogens (tertiary/aromatic N) is 4. The maximum absolute atomic E-state index is 9.42. The van der Waals surface area contributed by atoms with E-state index in [0.29, 0.717) is 11.5 Å². The van der Waals surface area contributed by atoms with Gasteiger partial charge >= 0.3 is 0 Å². The fourth-order valence-electron chi connectivity index (χ4n) is 2.13. The predicted molar refractivity (Wildman–Crippen MR) is 76.9 cm³/mol. The number of phenolic OH excluding ortho intramolecular Hbond substituents is 1. The molecular formula is C15H14N4O. The Balaban J connectivity index is 2.09. The van der Waals surface area contributed by atoms with E-state index in [9.17, 15) is 5.11 Å². The van der Waals surface area contributed by atoms with Crippen LogP contribution in [0.2, 0.25) is 0 Å². The predicted octanol–water partition coefficient (Wildman–Crippen LogP) is 4.07. The van der Waals surface area contributed by atoms with E-state index in [1.807, 2.05) is 36.4 Å². The number of azo groups is 1. The van der Waals surface area contributed by atoms with Gasteiger partial charge in [0.1, 0.15) is 11.4 Å². The number of aromatic hydroxyl groups is 1. The zero-order valence-corrected chi connectivity index (χ0v) is 11.3. The second-order valence-corrected chi connectivity index (χ2v) is 4.60. The third kappa shape index (κ3) is 2.14. The number of hydrogen-bond donors (Lipinski definition) is 1. The average Bonchev–Trinajstić information content (AvgIpc) is 2.74. The van der Waals surface area contributed by atoms with Crippen molar-refractivity contribution in [3.8, 4) is 5.75 Å². The summed E-state index contributed by atoms with van der Waals surface area (Å²) >= 11 is 0. The standard InChI is InChI=1S/C15H14N4O/c1-10-5-3-8-14-16-11(2)15(19(10)14)18-17-12-6-4-7-13(20)9-12/h3-9,20H,1-2H3. The van der Waals surface area contributed by atoms with Crippen molar-refractivity contribution >= 4 is 17.2 Å². The van der Waals surface area contributed by atoms with Crippen molar-refractivity contribution in [2.45, 2.75) is 13.8 Å². The molecule has 1 N–H and O–H groups in total. The summed E-state index contributed by atoms with van der Waals surface area (Å²) in [7, 11) is 0. The van der Waals surface area contributed by atoms with Gasteiger partial charge in [0.15, 0.2) is 5.82 Å². The third-order valence-electron chi connectivity index (χ3n) is 3.07. The maximum atomic E-state index is 9.42. The number of fused-ring (bicyclic) bond motifs is 1. The SMILES string of the molecule is Cc1nc2cccc(C)n2c1N=Nc1cccc(O)c1. The molecule has 0 spiro atoms. The van der Waals surface area contributed by atoms with E-state index in [0.717, 1.165) is 17.0 Å². The normalized spacial score (nSPS) is 11.5. The van der Waals surface area contributed by atoms with Crippen LogP contribution in [0.5, 0.6) is 5.75 Å². The number of pyridine rings is 1. The smallest absolute Gasteiger partial charge is 0.182 e. The maximum Gasteiger partial charge on any atom is 0.182 e. The molecule has 20 heavy (non-hydrogen) atoms. The molecule has 0 amide bonds. The zero-order chi connectivity index (χ0) is 14.1. The molecule has 0 atom stereocenters. The van der Waals surface area contributed by atoms with Gasteiger partial charge in [-0.15, -0.1) is 10.2 Å². The molecule has 0 aliphatic carbocycles. The van der Waals surface area contributed by atoms with Crippen molar-refractivity contribution < 1.29 is 5.11 Å². The van der Waals surface area contributed by atoms with Crippen molar-refractivity contribution in [2.75, 3.05) is 0 Å². The van der Waals surface area contributed by atoms with Gasteiger partial charge in [-0.1, -0.05) is 12.1 Å². The molecule has 0 radical (unpaired) electrons. The minimum Gasteiger partial charge on any atom is -0.508 e. The summed E-state index contributed by atoms with van der Waals surface area (Å²) in [5.74, 6) is 0.883. The number of aryl methyl sites for hydroxylation is 2. The number of phenols is 1. The first-order chi connectivity index (χ1) is 9.65. The van der Waals surface area contributed by atoms with Crippen molar-refractivity contribution in [1.82, 2.24) is 9.38 Å². The molecule has 3 rings (SSSR count). The average molecular weight is 266 g/mol. The first-order valence-corrected chi connectivity index (χ1v) is 6.30. The molecule has 1 aromatic carbocycles. The quantitative estimate of drug-likeness (QED) is 0.710. The van der Waals surface area contributed by atoms with Gasteiger partial charge in [-0.2, -0.15) is 0 Å². The van der Waals surface area contributed by atoms with Gasteiger partial charge in [0.25, 0.3) is 0 Å².